The molecule has 0 saturated carbocycles. The van der Waals surface area contributed by atoms with Crippen molar-refractivity contribution in [3.8, 4) is 0 Å². The lowest BCUT2D eigenvalue weighted by molar-refractivity contribution is 0.596. The lowest BCUT2D eigenvalue weighted by Crippen LogP contribution is -2.22. The molecule has 1 aromatic heterocycles. The van der Waals surface area contributed by atoms with Crippen LogP contribution in [-0.4, -0.2) is 20.1 Å². The SMILES string of the molecule is BS(=O)(=O)NCc1ccc2c(ccc(=O)n2CC)c1. The summed E-state index contributed by atoms with van der Waals surface area (Å²) in [4.78, 5) is 11.7. The Kier molecular flexibility index (Phi) is 3.77. The highest BCUT2D eigenvalue weighted by Crippen LogP contribution is 2.14. The Labute approximate surface area is 112 Å². The van der Waals surface area contributed by atoms with E-state index in [1.165, 1.54) is 6.07 Å². The number of nitrogens with one attached hydrogen (secondary N) is 1. The van der Waals surface area contributed by atoms with Gasteiger partial charge >= 0.3 is 0 Å². The lowest BCUT2D eigenvalue weighted by atomic mass is 10.1. The van der Waals surface area contributed by atoms with Crippen molar-refractivity contribution in [3.63, 3.8) is 0 Å². The number of benzene rings is 1. The van der Waals surface area contributed by atoms with Gasteiger partial charge in [-0.15, -0.1) is 0 Å². The summed E-state index contributed by atoms with van der Waals surface area (Å²) in [6.07, 6.45) is 0. The predicted octanol–water partition coefficient (Wildman–Crippen LogP) is -0.0111. The zero-order valence-corrected chi connectivity index (χ0v) is 11.7. The second-order valence-electron chi connectivity index (χ2n) is 4.40. The van der Waals surface area contributed by atoms with E-state index in [4.69, 9.17) is 0 Å². The second-order valence-corrected chi connectivity index (χ2v) is 6.24. The zero-order chi connectivity index (χ0) is 14.0. The van der Waals surface area contributed by atoms with Crippen LogP contribution in [0.3, 0.4) is 0 Å². The zero-order valence-electron chi connectivity index (χ0n) is 10.9. The van der Waals surface area contributed by atoms with E-state index in [2.05, 4.69) is 4.72 Å². The van der Waals surface area contributed by atoms with Gasteiger partial charge in [0.05, 0.1) is 5.52 Å². The molecule has 1 aromatic carbocycles. The molecule has 0 saturated heterocycles. The molecule has 7 heteroatoms. The third-order valence-corrected chi connectivity index (χ3v) is 3.58. The summed E-state index contributed by atoms with van der Waals surface area (Å²) >= 11 is 0. The molecular formula is C12H15BN2O3S. The van der Waals surface area contributed by atoms with E-state index in [0.29, 0.717) is 6.54 Å². The summed E-state index contributed by atoms with van der Waals surface area (Å²) in [6, 6.07) is 8.85. The number of aryl methyl sites for hydroxylation is 1. The molecule has 1 N–H and O–H groups in total. The fourth-order valence-electron chi connectivity index (χ4n) is 2.00. The fourth-order valence-corrected chi connectivity index (χ4v) is 2.43. The normalized spacial score (nSPS) is 11.8. The van der Waals surface area contributed by atoms with Crippen LogP contribution >= 0.6 is 0 Å². The molecule has 0 bridgehead atoms. The van der Waals surface area contributed by atoms with Crippen molar-refractivity contribution in [1.82, 2.24) is 9.29 Å². The first-order valence-electron chi connectivity index (χ1n) is 5.98. The number of pyridine rings is 1. The van der Waals surface area contributed by atoms with Crippen molar-refractivity contribution in [2.75, 3.05) is 0 Å². The highest BCUT2D eigenvalue weighted by molar-refractivity contribution is 8.10. The van der Waals surface area contributed by atoms with Gasteiger partial charge in [-0.3, -0.25) is 4.79 Å². The molecule has 0 fully saturated rings. The van der Waals surface area contributed by atoms with Crippen LogP contribution in [0, 0.1) is 0 Å². The van der Waals surface area contributed by atoms with E-state index in [9.17, 15) is 13.2 Å². The van der Waals surface area contributed by atoms with Crippen molar-refractivity contribution in [2.24, 2.45) is 0 Å². The number of fused-ring (bicyclic) bond motifs is 1. The molecule has 2 rings (SSSR count). The van der Waals surface area contributed by atoms with Crippen molar-refractivity contribution in [3.05, 3.63) is 46.2 Å². The van der Waals surface area contributed by atoms with Crippen molar-refractivity contribution in [1.29, 1.82) is 0 Å². The highest BCUT2D eigenvalue weighted by Gasteiger charge is 2.04. The molecule has 2 aromatic rings. The maximum Gasteiger partial charge on any atom is 0.275 e. The molecular weight excluding hydrogens is 263 g/mol. The summed E-state index contributed by atoms with van der Waals surface area (Å²) in [5, 5.41) is 0.925. The standard InChI is InChI=1S/C12H15BN2O3S/c1-2-15-11-5-3-9(8-14-19(13,17)18)7-10(11)4-6-12(15)16/h3-7,14H,2,8,13H2,1H3. The van der Waals surface area contributed by atoms with E-state index in [0.717, 1.165) is 23.6 Å². The maximum absolute atomic E-state index is 11.7. The third-order valence-electron chi connectivity index (χ3n) is 2.91. The number of rotatable bonds is 4. The van der Waals surface area contributed by atoms with Crippen LogP contribution in [-0.2, 0) is 23.0 Å². The summed E-state index contributed by atoms with van der Waals surface area (Å²) in [5.41, 5.74) is 1.69. The minimum atomic E-state index is -3.20. The van der Waals surface area contributed by atoms with Crippen molar-refractivity contribution < 1.29 is 8.42 Å². The molecule has 100 valence electrons. The lowest BCUT2D eigenvalue weighted by Gasteiger charge is -2.09. The molecule has 0 radical (unpaired) electrons. The summed E-state index contributed by atoms with van der Waals surface area (Å²) in [5.74, 6) is 0. The van der Waals surface area contributed by atoms with Crippen LogP contribution in [0.5, 0.6) is 0 Å². The van der Waals surface area contributed by atoms with E-state index in [-0.39, 0.29) is 12.1 Å². The highest BCUT2D eigenvalue weighted by atomic mass is 32.2. The van der Waals surface area contributed by atoms with Crippen LogP contribution in [0.4, 0.5) is 0 Å². The summed E-state index contributed by atoms with van der Waals surface area (Å²) in [7, 11) is -2.07. The second kappa shape index (κ2) is 5.18. The van der Waals surface area contributed by atoms with Gasteiger partial charge in [-0.1, -0.05) is 6.07 Å². The van der Waals surface area contributed by atoms with E-state index in [1.807, 2.05) is 25.1 Å². The monoisotopic (exact) mass is 278 g/mol. The molecule has 0 atom stereocenters. The van der Waals surface area contributed by atoms with Crippen LogP contribution in [0.25, 0.3) is 10.9 Å². The average molecular weight is 278 g/mol. The smallest absolute Gasteiger partial charge is 0.275 e. The predicted molar refractivity (Wildman–Crippen MR) is 78.2 cm³/mol. The molecule has 1 heterocycles. The van der Waals surface area contributed by atoms with Gasteiger partial charge < -0.3 is 4.57 Å². The average Bonchev–Trinajstić information content (AvgIpc) is 2.35. The number of nitrogens with zero attached hydrogens (tertiary/aromatic N) is 1. The quantitative estimate of drug-likeness (QED) is 0.800. The molecule has 19 heavy (non-hydrogen) atoms. The Balaban J connectivity index is 2.42. The third kappa shape index (κ3) is 3.24. The molecule has 0 aliphatic carbocycles. The number of aromatic nitrogens is 1. The van der Waals surface area contributed by atoms with Crippen LogP contribution in [0.15, 0.2) is 35.1 Å². The van der Waals surface area contributed by atoms with Gasteiger partial charge in [-0.05, 0) is 36.1 Å². The Morgan fingerprint density at radius 2 is 2.00 bits per heavy atom. The van der Waals surface area contributed by atoms with Gasteiger partial charge in [0.25, 0.3) is 12.7 Å². The molecule has 0 unspecified atom stereocenters. The first-order valence-corrected chi connectivity index (χ1v) is 7.87. The molecule has 0 aliphatic rings. The minimum Gasteiger partial charge on any atom is -0.309 e. The Morgan fingerprint density at radius 1 is 1.26 bits per heavy atom. The van der Waals surface area contributed by atoms with E-state index < -0.39 is 9.87 Å². The van der Waals surface area contributed by atoms with Gasteiger partial charge in [-0.25, -0.2) is 13.1 Å². The van der Waals surface area contributed by atoms with Gasteiger partial charge in [0, 0.05) is 19.2 Å². The Morgan fingerprint density at radius 3 is 2.63 bits per heavy atom. The van der Waals surface area contributed by atoms with Gasteiger partial charge in [-0.2, -0.15) is 0 Å². The minimum absolute atomic E-state index is 0.0305. The van der Waals surface area contributed by atoms with Gasteiger partial charge in [0.15, 0.2) is 9.87 Å². The fraction of sp³-hybridized carbons (Fsp3) is 0.250. The number of hydrogen-bond donors (Lipinski definition) is 1. The molecule has 0 spiro atoms. The molecule has 0 aliphatic heterocycles. The number of hydrogen-bond acceptors (Lipinski definition) is 3. The van der Waals surface area contributed by atoms with Crippen LogP contribution in [0.1, 0.15) is 12.5 Å². The summed E-state index contributed by atoms with van der Waals surface area (Å²) < 4.78 is 26.2. The largest absolute Gasteiger partial charge is 0.309 e. The van der Waals surface area contributed by atoms with Gasteiger partial charge in [0.1, 0.15) is 0 Å². The Bertz CT molecular complexity index is 768. The molecule has 5 nitrogen and oxygen atoms in total. The van der Waals surface area contributed by atoms with Gasteiger partial charge in [0.2, 0.25) is 0 Å². The summed E-state index contributed by atoms with van der Waals surface area (Å²) in [6.45, 7) is 2.77. The van der Waals surface area contributed by atoms with Crippen LogP contribution in [0.2, 0.25) is 0 Å². The topological polar surface area (TPSA) is 68.2 Å². The van der Waals surface area contributed by atoms with Crippen LogP contribution < -0.4 is 10.3 Å². The van der Waals surface area contributed by atoms with Crippen molar-refractivity contribution in [2.45, 2.75) is 20.0 Å². The Hall–Kier alpha value is -1.60. The van der Waals surface area contributed by atoms with E-state index >= 15 is 0 Å². The molecule has 0 amide bonds. The van der Waals surface area contributed by atoms with Crippen molar-refractivity contribution >= 4 is 27.9 Å². The first kappa shape index (κ1) is 13.8. The first-order chi connectivity index (χ1) is 8.90. The van der Waals surface area contributed by atoms with E-state index in [1.54, 1.807) is 10.6 Å². The maximum atomic E-state index is 11.7.